The highest BCUT2D eigenvalue weighted by molar-refractivity contribution is 5.84. The largest absolute Gasteiger partial charge is 0.306 e. The van der Waals surface area contributed by atoms with Gasteiger partial charge in [-0.15, -0.1) is 0 Å². The van der Waals surface area contributed by atoms with Crippen LogP contribution in [0.3, 0.4) is 0 Å². The molecule has 1 rings (SSSR count). The van der Waals surface area contributed by atoms with Gasteiger partial charge in [0.05, 0.1) is 5.70 Å². The monoisotopic (exact) mass is 226 g/mol. The molecule has 0 amide bonds. The van der Waals surface area contributed by atoms with E-state index in [1.54, 1.807) is 6.08 Å². The minimum absolute atomic E-state index is 0.746. The van der Waals surface area contributed by atoms with Crippen LogP contribution < -0.4 is 0 Å². The summed E-state index contributed by atoms with van der Waals surface area (Å²) in [5.74, 6) is 0.877. The molecule has 1 aliphatic heterocycles. The molecule has 0 unspecified atom stereocenters. The van der Waals surface area contributed by atoms with Crippen molar-refractivity contribution in [2.45, 2.75) is 13.8 Å². The van der Waals surface area contributed by atoms with Gasteiger partial charge in [0.15, 0.2) is 0 Å². The van der Waals surface area contributed by atoms with Crippen molar-refractivity contribution < 1.29 is 0 Å². The van der Waals surface area contributed by atoms with E-state index in [0.717, 1.165) is 17.2 Å². The Kier molecular flexibility index (Phi) is 4.95. The van der Waals surface area contributed by atoms with Gasteiger partial charge in [-0.25, -0.2) is 4.99 Å². The first-order chi connectivity index (χ1) is 8.19. The lowest BCUT2D eigenvalue weighted by Gasteiger charge is -2.21. The highest BCUT2D eigenvalue weighted by atomic mass is 15.2. The first-order valence-electron chi connectivity index (χ1n) is 5.52. The summed E-state index contributed by atoms with van der Waals surface area (Å²) in [6.07, 6.45) is 15.4. The topological polar surface area (TPSA) is 15.6 Å². The third kappa shape index (κ3) is 3.76. The van der Waals surface area contributed by atoms with Crippen LogP contribution in [0, 0.1) is 0 Å². The van der Waals surface area contributed by atoms with Crippen LogP contribution in [-0.2, 0) is 0 Å². The molecule has 0 aromatic carbocycles. The quantitative estimate of drug-likeness (QED) is 0.665. The number of allylic oxidation sites excluding steroid dienone is 7. The summed E-state index contributed by atoms with van der Waals surface area (Å²) < 4.78 is 0. The SMILES string of the molecule is C=C/C=C(\C=C/C)N1/C=C\C=C/C(=C)N=C1C. The lowest BCUT2D eigenvalue weighted by Crippen LogP contribution is -2.22. The molecular weight excluding hydrogens is 208 g/mol. The molecule has 0 aliphatic carbocycles. The van der Waals surface area contributed by atoms with Crippen molar-refractivity contribution in [2.75, 3.05) is 0 Å². The molecule has 88 valence electrons. The highest BCUT2D eigenvalue weighted by Crippen LogP contribution is 2.13. The van der Waals surface area contributed by atoms with Crippen molar-refractivity contribution in [1.29, 1.82) is 0 Å². The minimum Gasteiger partial charge on any atom is -0.306 e. The second-order valence-corrected chi connectivity index (χ2v) is 3.55. The summed E-state index contributed by atoms with van der Waals surface area (Å²) >= 11 is 0. The van der Waals surface area contributed by atoms with E-state index in [-0.39, 0.29) is 0 Å². The van der Waals surface area contributed by atoms with Crippen LogP contribution in [-0.4, -0.2) is 10.7 Å². The zero-order valence-electron chi connectivity index (χ0n) is 10.4. The van der Waals surface area contributed by atoms with Crippen molar-refractivity contribution in [3.05, 3.63) is 73.3 Å². The molecule has 1 aliphatic rings. The molecule has 0 saturated carbocycles. The van der Waals surface area contributed by atoms with Crippen molar-refractivity contribution in [3.8, 4) is 0 Å². The van der Waals surface area contributed by atoms with Crippen molar-refractivity contribution in [3.63, 3.8) is 0 Å². The van der Waals surface area contributed by atoms with Gasteiger partial charge in [-0.2, -0.15) is 0 Å². The predicted molar refractivity (Wildman–Crippen MR) is 75.5 cm³/mol. The van der Waals surface area contributed by atoms with Gasteiger partial charge in [-0.1, -0.05) is 31.4 Å². The molecule has 2 heteroatoms. The van der Waals surface area contributed by atoms with E-state index in [1.807, 2.05) is 61.4 Å². The van der Waals surface area contributed by atoms with Gasteiger partial charge >= 0.3 is 0 Å². The Morgan fingerprint density at radius 2 is 2.18 bits per heavy atom. The molecular formula is C15H18N2. The van der Waals surface area contributed by atoms with E-state index >= 15 is 0 Å². The Labute approximate surface area is 103 Å². The van der Waals surface area contributed by atoms with E-state index in [9.17, 15) is 0 Å². The van der Waals surface area contributed by atoms with Crippen LogP contribution in [0.2, 0.25) is 0 Å². The van der Waals surface area contributed by atoms with Gasteiger partial charge in [-0.3, -0.25) is 0 Å². The summed E-state index contributed by atoms with van der Waals surface area (Å²) in [7, 11) is 0. The van der Waals surface area contributed by atoms with Gasteiger partial charge in [-0.05, 0) is 38.2 Å². The van der Waals surface area contributed by atoms with E-state index in [2.05, 4.69) is 18.2 Å². The van der Waals surface area contributed by atoms with Crippen LogP contribution in [0.4, 0.5) is 0 Å². The van der Waals surface area contributed by atoms with Crippen LogP contribution in [0.1, 0.15) is 13.8 Å². The molecule has 1 heterocycles. The maximum atomic E-state index is 4.40. The number of hydrogen-bond donors (Lipinski definition) is 0. The zero-order valence-corrected chi connectivity index (χ0v) is 10.4. The second-order valence-electron chi connectivity index (χ2n) is 3.55. The molecule has 0 aromatic rings. The molecule has 0 atom stereocenters. The minimum atomic E-state index is 0.746. The zero-order chi connectivity index (χ0) is 12.7. The van der Waals surface area contributed by atoms with Crippen LogP contribution in [0.15, 0.2) is 78.3 Å². The number of amidine groups is 1. The fourth-order valence-corrected chi connectivity index (χ4v) is 1.49. The smallest absolute Gasteiger partial charge is 0.110 e. The molecule has 17 heavy (non-hydrogen) atoms. The summed E-state index contributed by atoms with van der Waals surface area (Å²) in [5, 5.41) is 0. The molecule has 0 spiro atoms. The van der Waals surface area contributed by atoms with E-state index < -0.39 is 0 Å². The summed E-state index contributed by atoms with van der Waals surface area (Å²) in [6.45, 7) is 11.5. The molecule has 0 N–H and O–H groups in total. The molecule has 0 saturated heterocycles. The van der Waals surface area contributed by atoms with Gasteiger partial charge < -0.3 is 4.90 Å². The van der Waals surface area contributed by atoms with Crippen LogP contribution in [0.25, 0.3) is 0 Å². The molecule has 2 nitrogen and oxygen atoms in total. The maximum Gasteiger partial charge on any atom is 0.110 e. The van der Waals surface area contributed by atoms with Gasteiger partial charge in [0.2, 0.25) is 0 Å². The lowest BCUT2D eigenvalue weighted by atomic mass is 10.3. The van der Waals surface area contributed by atoms with Gasteiger partial charge in [0, 0.05) is 11.9 Å². The molecule has 0 fully saturated rings. The Bertz CT molecular complexity index is 446. The Morgan fingerprint density at radius 1 is 1.41 bits per heavy atom. The van der Waals surface area contributed by atoms with Crippen molar-refractivity contribution >= 4 is 5.84 Å². The number of hydrogen-bond acceptors (Lipinski definition) is 2. The Hall–Kier alpha value is -2.09. The number of rotatable bonds is 3. The standard InChI is InChI=1S/C15H18N2/c1-5-9-15(10-6-2)17-12-8-7-11-13(3)16-14(17)4/h5-12H,1,3H2,2,4H3/b10-6-,11-7-,12-8-,15-9+,16-14?. The number of nitrogens with zero attached hydrogens (tertiary/aromatic N) is 2. The molecule has 0 radical (unpaired) electrons. The summed E-state index contributed by atoms with van der Waals surface area (Å²) in [4.78, 5) is 6.40. The Morgan fingerprint density at radius 3 is 2.82 bits per heavy atom. The molecule has 0 bridgehead atoms. The van der Waals surface area contributed by atoms with Crippen molar-refractivity contribution in [2.24, 2.45) is 4.99 Å². The fraction of sp³-hybridized carbons (Fsp3) is 0.133. The highest BCUT2D eigenvalue weighted by Gasteiger charge is 2.07. The van der Waals surface area contributed by atoms with E-state index in [0.29, 0.717) is 0 Å². The lowest BCUT2D eigenvalue weighted by molar-refractivity contribution is 0.705. The first kappa shape index (κ1) is 13.0. The van der Waals surface area contributed by atoms with Crippen LogP contribution >= 0.6 is 0 Å². The number of aliphatic imine (C=N–C) groups is 1. The van der Waals surface area contributed by atoms with E-state index in [4.69, 9.17) is 0 Å². The summed E-state index contributed by atoms with van der Waals surface area (Å²) in [5.41, 5.74) is 1.76. The average Bonchev–Trinajstić information content (AvgIpc) is 2.26. The second kappa shape index (κ2) is 6.48. The van der Waals surface area contributed by atoms with E-state index in [1.165, 1.54) is 0 Å². The molecule has 0 aromatic heterocycles. The fourth-order valence-electron chi connectivity index (χ4n) is 1.49. The third-order valence-corrected chi connectivity index (χ3v) is 2.19. The van der Waals surface area contributed by atoms with Gasteiger partial charge in [0.25, 0.3) is 0 Å². The van der Waals surface area contributed by atoms with Crippen LogP contribution in [0.5, 0.6) is 0 Å². The predicted octanol–water partition coefficient (Wildman–Crippen LogP) is 3.95. The average molecular weight is 226 g/mol. The first-order valence-corrected chi connectivity index (χ1v) is 5.52. The summed E-state index contributed by atoms with van der Waals surface area (Å²) in [6, 6.07) is 0. The third-order valence-electron chi connectivity index (χ3n) is 2.19. The maximum absolute atomic E-state index is 4.40. The van der Waals surface area contributed by atoms with Gasteiger partial charge in [0.1, 0.15) is 5.84 Å². The van der Waals surface area contributed by atoms with Crippen molar-refractivity contribution in [1.82, 2.24) is 4.90 Å². The normalized spacial score (nSPS) is 20.8. The Balaban J connectivity index is 3.17.